The molecule has 8 nitrogen and oxygen atoms in total. The standard InChI is InChI=1S/C15H15N7OS/c16-13(23)11-6-24-7-22(11)10-2-4-18-14-12(10)8(5-20-14)9-1-3-19-15(17)21-9/h1-5,11H,6-7H2,(H2,16,23)(H,18,20)(H2,17,19,21). The van der Waals surface area contributed by atoms with Gasteiger partial charge in [0.05, 0.1) is 22.6 Å². The second-order valence-corrected chi connectivity index (χ2v) is 6.44. The van der Waals surface area contributed by atoms with Crippen LogP contribution in [0.25, 0.3) is 22.3 Å². The van der Waals surface area contributed by atoms with Crippen molar-refractivity contribution in [3.05, 3.63) is 30.7 Å². The smallest absolute Gasteiger partial charge is 0.241 e. The summed E-state index contributed by atoms with van der Waals surface area (Å²) >= 11 is 1.68. The minimum atomic E-state index is -0.334. The zero-order valence-corrected chi connectivity index (χ0v) is 13.5. The van der Waals surface area contributed by atoms with Crippen LogP contribution in [0.3, 0.4) is 0 Å². The molecule has 1 aliphatic heterocycles. The quantitative estimate of drug-likeness (QED) is 0.647. The van der Waals surface area contributed by atoms with Gasteiger partial charge in [-0.15, -0.1) is 11.8 Å². The Kier molecular flexibility index (Phi) is 3.49. The summed E-state index contributed by atoms with van der Waals surface area (Å²) in [5.74, 6) is 1.26. The second-order valence-electron chi connectivity index (χ2n) is 5.44. The van der Waals surface area contributed by atoms with Gasteiger partial charge in [-0.3, -0.25) is 4.79 Å². The van der Waals surface area contributed by atoms with E-state index < -0.39 is 0 Å². The molecular weight excluding hydrogens is 326 g/mol. The minimum absolute atomic E-state index is 0.207. The van der Waals surface area contributed by atoms with Gasteiger partial charge in [-0.1, -0.05) is 0 Å². The Balaban J connectivity index is 1.91. The molecule has 3 aromatic heterocycles. The first-order valence-electron chi connectivity index (χ1n) is 7.34. The van der Waals surface area contributed by atoms with Crippen molar-refractivity contribution < 1.29 is 4.79 Å². The molecule has 0 radical (unpaired) electrons. The number of thioether (sulfide) groups is 1. The van der Waals surface area contributed by atoms with Crippen molar-refractivity contribution in [1.29, 1.82) is 0 Å². The van der Waals surface area contributed by atoms with E-state index >= 15 is 0 Å². The van der Waals surface area contributed by atoms with Gasteiger partial charge in [-0.2, -0.15) is 0 Å². The number of aromatic nitrogens is 4. The summed E-state index contributed by atoms with van der Waals surface area (Å²) in [6.07, 6.45) is 5.17. The van der Waals surface area contributed by atoms with Crippen LogP contribution in [0.4, 0.5) is 11.6 Å². The number of nitrogens with one attached hydrogen (secondary N) is 1. The predicted molar refractivity (Wildman–Crippen MR) is 94.3 cm³/mol. The predicted octanol–water partition coefficient (Wildman–Crippen LogP) is 0.967. The highest BCUT2D eigenvalue weighted by molar-refractivity contribution is 7.99. The minimum Gasteiger partial charge on any atom is -0.368 e. The lowest BCUT2D eigenvalue weighted by molar-refractivity contribution is -0.118. The molecule has 122 valence electrons. The molecule has 3 aromatic rings. The fraction of sp³-hybridized carbons (Fsp3) is 0.200. The van der Waals surface area contributed by atoms with Gasteiger partial charge in [-0.05, 0) is 12.1 Å². The highest BCUT2D eigenvalue weighted by Crippen LogP contribution is 2.37. The summed E-state index contributed by atoms with van der Waals surface area (Å²) < 4.78 is 0. The number of hydrogen-bond acceptors (Lipinski definition) is 7. The number of amides is 1. The van der Waals surface area contributed by atoms with Gasteiger partial charge in [0.15, 0.2) is 0 Å². The van der Waals surface area contributed by atoms with Crippen molar-refractivity contribution in [3.63, 3.8) is 0 Å². The molecule has 4 heterocycles. The Morgan fingerprint density at radius 1 is 1.33 bits per heavy atom. The Morgan fingerprint density at radius 2 is 2.17 bits per heavy atom. The van der Waals surface area contributed by atoms with E-state index in [1.807, 2.05) is 17.2 Å². The van der Waals surface area contributed by atoms with Crippen LogP contribution in [0.5, 0.6) is 0 Å². The zero-order chi connectivity index (χ0) is 16.7. The Bertz CT molecular complexity index is 925. The van der Waals surface area contributed by atoms with Crippen LogP contribution in [-0.4, -0.2) is 43.5 Å². The van der Waals surface area contributed by atoms with E-state index in [1.165, 1.54) is 0 Å². The normalized spacial score (nSPS) is 17.5. The van der Waals surface area contributed by atoms with E-state index in [0.29, 0.717) is 17.3 Å². The molecule has 0 aliphatic carbocycles. The van der Waals surface area contributed by atoms with Gasteiger partial charge >= 0.3 is 0 Å². The third-order valence-electron chi connectivity index (χ3n) is 4.02. The molecule has 1 amide bonds. The number of aromatic amines is 1. The van der Waals surface area contributed by atoms with Crippen LogP contribution in [0.15, 0.2) is 30.7 Å². The van der Waals surface area contributed by atoms with Crippen LogP contribution in [0, 0.1) is 0 Å². The lowest BCUT2D eigenvalue weighted by Gasteiger charge is -2.24. The number of primary amides is 1. The maximum atomic E-state index is 11.8. The largest absolute Gasteiger partial charge is 0.368 e. The molecule has 1 saturated heterocycles. The Hall–Kier alpha value is -2.81. The molecule has 5 N–H and O–H groups in total. The first kappa shape index (κ1) is 14.8. The van der Waals surface area contributed by atoms with Crippen LogP contribution in [-0.2, 0) is 4.79 Å². The topological polar surface area (TPSA) is 127 Å². The number of nitrogens with two attached hydrogens (primary N) is 2. The summed E-state index contributed by atoms with van der Waals surface area (Å²) in [5.41, 5.74) is 14.5. The summed E-state index contributed by atoms with van der Waals surface area (Å²) in [6, 6.07) is 3.35. The van der Waals surface area contributed by atoms with Crippen molar-refractivity contribution in [2.24, 2.45) is 5.73 Å². The summed E-state index contributed by atoms with van der Waals surface area (Å²) in [4.78, 5) is 29.5. The Morgan fingerprint density at radius 3 is 2.96 bits per heavy atom. The SMILES string of the molecule is NC(=O)C1CSCN1c1ccnc2[nH]cc(-c3ccnc(N)n3)c12. The van der Waals surface area contributed by atoms with Gasteiger partial charge in [0.25, 0.3) is 0 Å². The van der Waals surface area contributed by atoms with Crippen molar-refractivity contribution in [2.75, 3.05) is 22.3 Å². The van der Waals surface area contributed by atoms with Gasteiger partial charge in [-0.25, -0.2) is 15.0 Å². The highest BCUT2D eigenvalue weighted by Gasteiger charge is 2.31. The molecule has 1 fully saturated rings. The van der Waals surface area contributed by atoms with E-state index in [2.05, 4.69) is 19.9 Å². The van der Waals surface area contributed by atoms with Crippen molar-refractivity contribution in [3.8, 4) is 11.3 Å². The van der Waals surface area contributed by atoms with Crippen LogP contribution < -0.4 is 16.4 Å². The van der Waals surface area contributed by atoms with E-state index in [9.17, 15) is 4.79 Å². The maximum Gasteiger partial charge on any atom is 0.241 e. The average molecular weight is 341 g/mol. The van der Waals surface area contributed by atoms with Crippen molar-refractivity contribution in [1.82, 2.24) is 19.9 Å². The first-order chi connectivity index (χ1) is 11.6. The van der Waals surface area contributed by atoms with E-state index in [0.717, 1.165) is 22.3 Å². The van der Waals surface area contributed by atoms with Gasteiger partial charge < -0.3 is 21.4 Å². The molecular formula is C15H15N7OS. The zero-order valence-electron chi connectivity index (χ0n) is 12.6. The Labute approximate surface area is 141 Å². The summed E-state index contributed by atoms with van der Waals surface area (Å²) in [7, 11) is 0. The fourth-order valence-corrected chi connectivity index (χ4v) is 4.11. The number of hydrogen-bond donors (Lipinski definition) is 3. The molecule has 9 heteroatoms. The highest BCUT2D eigenvalue weighted by atomic mass is 32.2. The average Bonchev–Trinajstić information content (AvgIpc) is 3.21. The molecule has 4 rings (SSSR count). The lowest BCUT2D eigenvalue weighted by atomic mass is 10.1. The summed E-state index contributed by atoms with van der Waals surface area (Å²) in [5, 5.41) is 0.893. The number of rotatable bonds is 3. The number of nitrogens with zero attached hydrogens (tertiary/aromatic N) is 4. The van der Waals surface area contributed by atoms with E-state index in [1.54, 1.807) is 30.2 Å². The monoisotopic (exact) mass is 341 g/mol. The van der Waals surface area contributed by atoms with Crippen molar-refractivity contribution >= 4 is 40.3 Å². The molecule has 0 bridgehead atoms. The number of carbonyl (C=O) groups excluding carboxylic acids is 1. The number of pyridine rings is 1. The number of fused-ring (bicyclic) bond motifs is 1. The van der Waals surface area contributed by atoms with Crippen molar-refractivity contribution in [2.45, 2.75) is 6.04 Å². The first-order valence-corrected chi connectivity index (χ1v) is 8.49. The molecule has 1 atom stereocenters. The molecule has 1 unspecified atom stereocenters. The van der Waals surface area contributed by atoms with Gasteiger partial charge in [0, 0.05) is 29.9 Å². The third kappa shape index (κ3) is 2.33. The molecule has 24 heavy (non-hydrogen) atoms. The number of anilines is 2. The molecule has 0 spiro atoms. The van der Waals surface area contributed by atoms with E-state index in [-0.39, 0.29) is 17.9 Å². The van der Waals surface area contributed by atoms with Gasteiger partial charge in [0.2, 0.25) is 11.9 Å². The van der Waals surface area contributed by atoms with E-state index in [4.69, 9.17) is 11.5 Å². The second kappa shape index (κ2) is 5.68. The number of nitrogen functional groups attached to an aromatic ring is 1. The molecule has 0 aromatic carbocycles. The third-order valence-corrected chi connectivity index (χ3v) is 5.03. The lowest BCUT2D eigenvalue weighted by Crippen LogP contribution is -2.42. The van der Waals surface area contributed by atoms with Crippen LogP contribution in [0.2, 0.25) is 0 Å². The van der Waals surface area contributed by atoms with Crippen LogP contribution >= 0.6 is 11.8 Å². The fourth-order valence-electron chi connectivity index (χ4n) is 2.92. The van der Waals surface area contributed by atoms with Gasteiger partial charge in [0.1, 0.15) is 11.7 Å². The number of carbonyl (C=O) groups is 1. The maximum absolute atomic E-state index is 11.8. The molecule has 1 aliphatic rings. The summed E-state index contributed by atoms with van der Waals surface area (Å²) in [6.45, 7) is 0. The van der Waals surface area contributed by atoms with Crippen LogP contribution in [0.1, 0.15) is 0 Å². The molecule has 0 saturated carbocycles. The number of H-pyrrole nitrogens is 1.